The minimum atomic E-state index is -4.70. The van der Waals surface area contributed by atoms with E-state index in [0.717, 1.165) is 10.0 Å². The van der Waals surface area contributed by atoms with Crippen LogP contribution in [0.4, 0.5) is 13.2 Å². The fourth-order valence-corrected chi connectivity index (χ4v) is 2.85. The van der Waals surface area contributed by atoms with Gasteiger partial charge in [0.1, 0.15) is 18.1 Å². The molecule has 138 valence electrons. The molecule has 0 saturated carbocycles. The number of aliphatic imine (C=N–C) groups is 1. The third-order valence-corrected chi connectivity index (χ3v) is 4.29. The normalized spacial score (nSPS) is 16.8. The first-order valence-electron chi connectivity index (χ1n) is 7.85. The maximum Gasteiger partial charge on any atom is 0.573 e. The van der Waals surface area contributed by atoms with E-state index in [9.17, 15) is 13.2 Å². The molecule has 1 heterocycles. The average molecular weight is 430 g/mol. The van der Waals surface area contributed by atoms with E-state index in [2.05, 4.69) is 25.7 Å². The van der Waals surface area contributed by atoms with Gasteiger partial charge in [0, 0.05) is 10.9 Å². The first-order valence-corrected chi connectivity index (χ1v) is 8.64. The van der Waals surface area contributed by atoms with Gasteiger partial charge in [0.25, 0.3) is 0 Å². The lowest BCUT2D eigenvalue weighted by Crippen LogP contribution is -2.17. The number of nitrogens with zero attached hydrogens (tertiary/aromatic N) is 1. The van der Waals surface area contributed by atoms with E-state index < -0.39 is 6.36 Å². The molecule has 4 nitrogen and oxygen atoms in total. The number of alkyl halides is 3. The van der Waals surface area contributed by atoms with Crippen molar-refractivity contribution in [2.45, 2.75) is 18.8 Å². The maximum absolute atomic E-state index is 12.1. The zero-order chi connectivity index (χ0) is 18.6. The SMILES string of the molecule is FC(F)(F)Oc1ccc(OCCC2COC(c3ccccc3Br)=N2)cc1. The molecule has 2 aromatic rings. The fraction of sp³-hybridized carbons (Fsp3) is 0.278. The Labute approximate surface area is 156 Å². The Morgan fingerprint density at radius 3 is 2.46 bits per heavy atom. The van der Waals surface area contributed by atoms with Gasteiger partial charge in [-0.05, 0) is 52.3 Å². The van der Waals surface area contributed by atoms with Crippen molar-refractivity contribution in [1.82, 2.24) is 0 Å². The Kier molecular flexibility index (Phi) is 5.70. The van der Waals surface area contributed by atoms with Crippen LogP contribution in [0.15, 0.2) is 58.0 Å². The monoisotopic (exact) mass is 429 g/mol. The van der Waals surface area contributed by atoms with Crippen LogP contribution in [0.5, 0.6) is 11.5 Å². The fourth-order valence-electron chi connectivity index (χ4n) is 2.40. The Morgan fingerprint density at radius 2 is 1.77 bits per heavy atom. The molecule has 26 heavy (non-hydrogen) atoms. The summed E-state index contributed by atoms with van der Waals surface area (Å²) in [5, 5.41) is 0. The summed E-state index contributed by atoms with van der Waals surface area (Å²) in [6.07, 6.45) is -4.07. The molecule has 3 rings (SSSR count). The van der Waals surface area contributed by atoms with Gasteiger partial charge >= 0.3 is 6.36 Å². The molecule has 0 bridgehead atoms. The third kappa shape index (κ3) is 5.14. The summed E-state index contributed by atoms with van der Waals surface area (Å²) in [7, 11) is 0. The van der Waals surface area contributed by atoms with E-state index in [1.807, 2.05) is 24.3 Å². The second-order valence-corrected chi connectivity index (χ2v) is 6.39. The number of ether oxygens (including phenoxy) is 3. The molecule has 0 radical (unpaired) electrons. The Morgan fingerprint density at radius 1 is 1.08 bits per heavy atom. The Balaban J connectivity index is 1.49. The molecular formula is C18H15BrF3NO3. The summed E-state index contributed by atoms with van der Waals surface area (Å²) in [4.78, 5) is 4.54. The average Bonchev–Trinajstić information content (AvgIpc) is 3.04. The quantitative estimate of drug-likeness (QED) is 0.651. The molecular weight excluding hydrogens is 415 g/mol. The molecule has 1 atom stereocenters. The smallest absolute Gasteiger partial charge is 0.494 e. The minimum absolute atomic E-state index is 0.0232. The van der Waals surface area contributed by atoms with Crippen LogP contribution in [0.2, 0.25) is 0 Å². The van der Waals surface area contributed by atoms with Gasteiger partial charge in [-0.15, -0.1) is 13.2 Å². The summed E-state index contributed by atoms with van der Waals surface area (Å²) in [5.41, 5.74) is 0.899. The Bertz CT molecular complexity index is 778. The zero-order valence-corrected chi connectivity index (χ0v) is 15.1. The van der Waals surface area contributed by atoms with Gasteiger partial charge in [0.15, 0.2) is 0 Å². The molecule has 2 aromatic carbocycles. The molecule has 1 aliphatic heterocycles. The van der Waals surface area contributed by atoms with Crippen LogP contribution in [-0.2, 0) is 4.74 Å². The van der Waals surface area contributed by atoms with Gasteiger partial charge in [-0.2, -0.15) is 0 Å². The van der Waals surface area contributed by atoms with Gasteiger partial charge in [-0.1, -0.05) is 12.1 Å². The number of hydrogen-bond donors (Lipinski definition) is 0. The molecule has 0 spiro atoms. The van der Waals surface area contributed by atoms with Crippen molar-refractivity contribution in [2.24, 2.45) is 4.99 Å². The highest BCUT2D eigenvalue weighted by atomic mass is 79.9. The van der Waals surface area contributed by atoms with Crippen molar-refractivity contribution < 1.29 is 27.4 Å². The van der Waals surface area contributed by atoms with E-state index in [-0.39, 0.29) is 11.8 Å². The van der Waals surface area contributed by atoms with E-state index in [1.165, 1.54) is 24.3 Å². The molecule has 0 aromatic heterocycles. The maximum atomic E-state index is 12.1. The van der Waals surface area contributed by atoms with Crippen LogP contribution in [0.3, 0.4) is 0 Å². The van der Waals surface area contributed by atoms with Crippen LogP contribution in [0.1, 0.15) is 12.0 Å². The van der Waals surface area contributed by atoms with Crippen molar-refractivity contribution in [1.29, 1.82) is 0 Å². The van der Waals surface area contributed by atoms with Gasteiger partial charge < -0.3 is 14.2 Å². The largest absolute Gasteiger partial charge is 0.573 e. The lowest BCUT2D eigenvalue weighted by atomic mass is 10.2. The van der Waals surface area contributed by atoms with Gasteiger partial charge in [0.2, 0.25) is 5.90 Å². The second-order valence-electron chi connectivity index (χ2n) is 5.54. The second kappa shape index (κ2) is 7.99. The summed E-state index contributed by atoms with van der Waals surface area (Å²) >= 11 is 3.47. The van der Waals surface area contributed by atoms with Gasteiger partial charge in [0.05, 0.1) is 18.2 Å². The standard InChI is InChI=1S/C18H15BrF3NO3/c19-16-4-2-1-3-15(16)17-23-12(11-25-17)9-10-24-13-5-7-14(8-6-13)26-18(20,21)22/h1-8,12H,9-11H2. The molecule has 0 saturated heterocycles. The van der Waals surface area contributed by atoms with E-state index >= 15 is 0 Å². The van der Waals surface area contributed by atoms with Crippen LogP contribution in [0, 0.1) is 0 Å². The van der Waals surface area contributed by atoms with Crippen molar-refractivity contribution in [3.8, 4) is 11.5 Å². The number of rotatable bonds is 6. The van der Waals surface area contributed by atoms with E-state index in [4.69, 9.17) is 9.47 Å². The summed E-state index contributed by atoms with van der Waals surface area (Å²) in [6.45, 7) is 0.846. The molecule has 1 unspecified atom stereocenters. The van der Waals surface area contributed by atoms with Gasteiger partial charge in [-0.25, -0.2) is 4.99 Å². The lowest BCUT2D eigenvalue weighted by Gasteiger charge is -2.10. The number of benzene rings is 2. The molecule has 0 aliphatic carbocycles. The first-order chi connectivity index (χ1) is 12.4. The van der Waals surface area contributed by atoms with Gasteiger partial charge in [-0.3, -0.25) is 0 Å². The lowest BCUT2D eigenvalue weighted by molar-refractivity contribution is -0.274. The van der Waals surface area contributed by atoms with Crippen molar-refractivity contribution in [3.05, 3.63) is 58.6 Å². The van der Waals surface area contributed by atoms with E-state index in [0.29, 0.717) is 31.3 Å². The molecule has 8 heteroatoms. The van der Waals surface area contributed by atoms with Crippen molar-refractivity contribution in [3.63, 3.8) is 0 Å². The predicted octanol–water partition coefficient (Wildman–Crippen LogP) is 4.96. The zero-order valence-electron chi connectivity index (χ0n) is 13.5. The number of hydrogen-bond acceptors (Lipinski definition) is 4. The molecule has 0 amide bonds. The van der Waals surface area contributed by atoms with Crippen molar-refractivity contribution in [2.75, 3.05) is 13.2 Å². The first kappa shape index (κ1) is 18.6. The summed E-state index contributed by atoms with van der Waals surface area (Å²) in [5.74, 6) is 0.779. The highest BCUT2D eigenvalue weighted by Crippen LogP contribution is 2.25. The predicted molar refractivity (Wildman–Crippen MR) is 93.7 cm³/mol. The molecule has 1 aliphatic rings. The summed E-state index contributed by atoms with van der Waals surface area (Å²) < 4.78 is 52.3. The third-order valence-electron chi connectivity index (χ3n) is 3.59. The topological polar surface area (TPSA) is 40.0 Å². The van der Waals surface area contributed by atoms with Crippen LogP contribution >= 0.6 is 15.9 Å². The highest BCUT2D eigenvalue weighted by Gasteiger charge is 2.31. The molecule has 0 fully saturated rings. The minimum Gasteiger partial charge on any atom is -0.494 e. The van der Waals surface area contributed by atoms with E-state index in [1.54, 1.807) is 0 Å². The van der Waals surface area contributed by atoms with Crippen LogP contribution < -0.4 is 9.47 Å². The Hall–Kier alpha value is -2.22. The summed E-state index contributed by atoms with van der Waals surface area (Å²) in [6, 6.07) is 12.9. The van der Waals surface area contributed by atoms with Crippen LogP contribution in [-0.4, -0.2) is 31.5 Å². The number of halogens is 4. The van der Waals surface area contributed by atoms with Crippen LogP contribution in [0.25, 0.3) is 0 Å². The van der Waals surface area contributed by atoms with Crippen molar-refractivity contribution >= 4 is 21.8 Å². The molecule has 0 N–H and O–H groups in total. The highest BCUT2D eigenvalue weighted by molar-refractivity contribution is 9.10.